The number of thiazole rings is 1. The van der Waals surface area contributed by atoms with Crippen molar-refractivity contribution in [1.29, 1.82) is 5.41 Å². The van der Waals surface area contributed by atoms with Crippen LogP contribution < -0.4 is 21.5 Å². The van der Waals surface area contributed by atoms with Gasteiger partial charge in [0.05, 0.1) is 14.8 Å². The maximum Gasteiger partial charge on any atom is 0.255 e. The summed E-state index contributed by atoms with van der Waals surface area (Å²) in [5.41, 5.74) is 13.3. The van der Waals surface area contributed by atoms with Crippen LogP contribution in [0, 0.1) is 5.41 Å². The summed E-state index contributed by atoms with van der Waals surface area (Å²) in [5.74, 6) is 0.117. The van der Waals surface area contributed by atoms with Crippen LogP contribution in [0.4, 0.5) is 10.8 Å². The minimum absolute atomic E-state index is 0.0637. The third kappa shape index (κ3) is 4.79. The number of amides is 1. The first-order valence-corrected chi connectivity index (χ1v) is 10.6. The van der Waals surface area contributed by atoms with E-state index in [0.29, 0.717) is 5.75 Å². The minimum atomic E-state index is -0.515. The van der Waals surface area contributed by atoms with Crippen LogP contribution in [-0.4, -0.2) is 29.6 Å². The van der Waals surface area contributed by atoms with Gasteiger partial charge in [-0.25, -0.2) is 4.98 Å². The van der Waals surface area contributed by atoms with Crippen LogP contribution in [0.25, 0.3) is 11.3 Å². The Kier molecular flexibility index (Phi) is 5.99. The molecule has 0 saturated heterocycles. The minimum Gasteiger partial charge on any atom is -0.484 e. The molecule has 0 aliphatic heterocycles. The largest absolute Gasteiger partial charge is 0.484 e. The number of amidine groups is 1. The number of thiophene rings is 1. The summed E-state index contributed by atoms with van der Waals surface area (Å²) < 4.78 is 6.31. The molecule has 0 radical (unpaired) electrons. The maximum atomic E-state index is 10.7. The van der Waals surface area contributed by atoms with Crippen molar-refractivity contribution >= 4 is 57.0 Å². The summed E-state index contributed by atoms with van der Waals surface area (Å²) in [5, 5.41) is 13.6. The smallest absolute Gasteiger partial charge is 0.255 e. The molecule has 0 aliphatic rings. The van der Waals surface area contributed by atoms with E-state index in [1.165, 1.54) is 22.7 Å². The number of thioether (sulfide) groups is 1. The number of hydrogen-bond acceptors (Lipinski definition) is 8. The van der Waals surface area contributed by atoms with Gasteiger partial charge in [0, 0.05) is 16.6 Å². The summed E-state index contributed by atoms with van der Waals surface area (Å²) in [6.07, 6.45) is 1.99. The van der Waals surface area contributed by atoms with Gasteiger partial charge in [-0.05, 0) is 36.6 Å². The Morgan fingerprint density at radius 2 is 2.07 bits per heavy atom. The Morgan fingerprint density at radius 3 is 2.70 bits per heavy atom. The number of hydrogen-bond donors (Lipinski definition) is 4. The standard InChI is InChI=1S/C17H17N5O2S3/c1-25-16-11(6-13(27-16)15(19)20)12-8-26-17(22-12)21-9-2-4-10(5-3-9)24-7-14(18)23/h2-6,8H,7H2,1H3,(H2,18,23)(H3,19,20)(H,21,22). The molecule has 0 spiro atoms. The van der Waals surface area contributed by atoms with Gasteiger partial charge in [0.2, 0.25) is 0 Å². The van der Waals surface area contributed by atoms with Gasteiger partial charge in [-0.1, -0.05) is 0 Å². The molecular formula is C17H17N5O2S3. The van der Waals surface area contributed by atoms with E-state index in [1.807, 2.05) is 29.8 Å². The molecule has 7 nitrogen and oxygen atoms in total. The molecule has 0 atom stereocenters. The average Bonchev–Trinajstić information content (AvgIpc) is 3.27. The second kappa shape index (κ2) is 8.42. The molecule has 27 heavy (non-hydrogen) atoms. The number of carbonyl (C=O) groups excluding carboxylic acids is 1. The molecule has 6 N–H and O–H groups in total. The highest BCUT2D eigenvalue weighted by Crippen LogP contribution is 2.39. The molecule has 3 rings (SSSR count). The zero-order valence-electron chi connectivity index (χ0n) is 14.3. The molecule has 2 aromatic heterocycles. The number of nitrogen functional groups attached to an aromatic ring is 1. The number of rotatable bonds is 8. The normalized spacial score (nSPS) is 10.6. The highest BCUT2D eigenvalue weighted by atomic mass is 32.2. The fourth-order valence-electron chi connectivity index (χ4n) is 2.20. The van der Waals surface area contributed by atoms with Crippen molar-refractivity contribution in [2.24, 2.45) is 11.5 Å². The van der Waals surface area contributed by atoms with Gasteiger partial charge in [0.15, 0.2) is 11.7 Å². The second-order valence-corrected chi connectivity index (χ2v) is 8.36. The fourth-order valence-corrected chi connectivity index (χ4v) is 4.68. The number of primary amides is 1. The molecule has 0 saturated carbocycles. The van der Waals surface area contributed by atoms with Crippen molar-refractivity contribution in [3.63, 3.8) is 0 Å². The monoisotopic (exact) mass is 419 g/mol. The van der Waals surface area contributed by atoms with Gasteiger partial charge >= 0.3 is 0 Å². The van der Waals surface area contributed by atoms with Crippen molar-refractivity contribution < 1.29 is 9.53 Å². The van der Waals surface area contributed by atoms with E-state index in [0.717, 1.165) is 31.2 Å². The highest BCUT2D eigenvalue weighted by molar-refractivity contribution is 8.00. The average molecular weight is 420 g/mol. The third-order valence-electron chi connectivity index (χ3n) is 3.42. The van der Waals surface area contributed by atoms with Crippen molar-refractivity contribution in [2.45, 2.75) is 4.21 Å². The topological polar surface area (TPSA) is 127 Å². The third-order valence-corrected chi connectivity index (χ3v) is 6.48. The van der Waals surface area contributed by atoms with Gasteiger partial charge in [-0.3, -0.25) is 10.2 Å². The van der Waals surface area contributed by atoms with Crippen LogP contribution in [0.5, 0.6) is 5.75 Å². The highest BCUT2D eigenvalue weighted by Gasteiger charge is 2.15. The van der Waals surface area contributed by atoms with Crippen LogP contribution >= 0.6 is 34.4 Å². The number of carbonyl (C=O) groups is 1. The lowest BCUT2D eigenvalue weighted by Gasteiger charge is -2.06. The maximum absolute atomic E-state index is 10.7. The Hall–Kier alpha value is -2.56. The van der Waals surface area contributed by atoms with E-state index in [4.69, 9.17) is 21.6 Å². The number of benzene rings is 1. The van der Waals surface area contributed by atoms with Gasteiger partial charge in [0.1, 0.15) is 11.6 Å². The van der Waals surface area contributed by atoms with E-state index in [-0.39, 0.29) is 12.4 Å². The summed E-state index contributed by atoms with van der Waals surface area (Å²) in [6, 6.07) is 9.09. The van der Waals surface area contributed by atoms with E-state index >= 15 is 0 Å². The van der Waals surface area contributed by atoms with Crippen LogP contribution in [0.2, 0.25) is 0 Å². The fraction of sp³-hybridized carbons (Fsp3) is 0.118. The summed E-state index contributed by atoms with van der Waals surface area (Å²) in [6.45, 7) is -0.150. The number of nitrogens with zero attached hydrogens (tertiary/aromatic N) is 1. The molecule has 0 bridgehead atoms. The van der Waals surface area contributed by atoms with Gasteiger partial charge in [-0.15, -0.1) is 34.4 Å². The van der Waals surface area contributed by atoms with E-state index in [9.17, 15) is 4.79 Å². The Balaban J connectivity index is 1.73. The lowest BCUT2D eigenvalue weighted by atomic mass is 10.2. The van der Waals surface area contributed by atoms with Crippen LogP contribution in [0.15, 0.2) is 39.9 Å². The van der Waals surface area contributed by atoms with Crippen LogP contribution in [0.1, 0.15) is 4.88 Å². The lowest BCUT2D eigenvalue weighted by molar-refractivity contribution is -0.119. The molecule has 0 aliphatic carbocycles. The molecule has 140 valence electrons. The first kappa shape index (κ1) is 19.2. The van der Waals surface area contributed by atoms with Crippen molar-refractivity contribution in [3.8, 4) is 17.0 Å². The van der Waals surface area contributed by atoms with Gasteiger partial charge in [-0.2, -0.15) is 0 Å². The Bertz CT molecular complexity index is 965. The van der Waals surface area contributed by atoms with Gasteiger partial charge in [0.25, 0.3) is 5.91 Å². The predicted octanol–water partition coefficient (Wildman–Crippen LogP) is 3.49. The first-order chi connectivity index (χ1) is 13.0. The molecule has 0 fully saturated rings. The quantitative estimate of drug-likeness (QED) is 0.251. The Labute approximate surface area is 168 Å². The number of anilines is 2. The SMILES string of the molecule is CSc1sc(C(=N)N)cc1-c1csc(Nc2ccc(OCC(N)=O)cc2)n1. The number of nitrogens with one attached hydrogen (secondary N) is 2. The van der Waals surface area contributed by atoms with E-state index in [2.05, 4.69) is 10.3 Å². The molecule has 10 heteroatoms. The molecule has 1 aromatic carbocycles. The number of aromatic nitrogens is 1. The summed E-state index contributed by atoms with van der Waals surface area (Å²) in [4.78, 5) is 16.1. The second-order valence-electron chi connectivity index (χ2n) is 5.37. The number of ether oxygens (including phenoxy) is 1. The van der Waals surface area contributed by atoms with Crippen molar-refractivity contribution in [3.05, 3.63) is 40.6 Å². The van der Waals surface area contributed by atoms with E-state index in [1.54, 1.807) is 23.9 Å². The molecular weight excluding hydrogens is 402 g/mol. The van der Waals surface area contributed by atoms with Crippen LogP contribution in [0.3, 0.4) is 0 Å². The zero-order valence-corrected chi connectivity index (χ0v) is 16.8. The van der Waals surface area contributed by atoms with Crippen molar-refractivity contribution in [1.82, 2.24) is 4.98 Å². The zero-order chi connectivity index (χ0) is 19.4. The Morgan fingerprint density at radius 1 is 1.33 bits per heavy atom. The van der Waals surface area contributed by atoms with Crippen LogP contribution in [-0.2, 0) is 4.79 Å². The molecule has 0 unspecified atom stereocenters. The molecule has 2 heterocycles. The van der Waals surface area contributed by atoms with E-state index < -0.39 is 5.91 Å². The summed E-state index contributed by atoms with van der Waals surface area (Å²) in [7, 11) is 0. The summed E-state index contributed by atoms with van der Waals surface area (Å²) >= 11 is 4.60. The van der Waals surface area contributed by atoms with Crippen molar-refractivity contribution in [2.75, 3.05) is 18.2 Å². The molecule has 1 amide bonds. The first-order valence-electron chi connectivity index (χ1n) is 7.72. The molecule has 3 aromatic rings. The number of nitrogens with two attached hydrogens (primary N) is 2. The van der Waals surface area contributed by atoms with Gasteiger partial charge < -0.3 is 21.5 Å². The lowest BCUT2D eigenvalue weighted by Crippen LogP contribution is -2.19. The predicted molar refractivity (Wildman–Crippen MR) is 113 cm³/mol.